The monoisotopic (exact) mass is 348 g/mol. The van der Waals surface area contributed by atoms with Crippen molar-refractivity contribution in [1.29, 1.82) is 0 Å². The number of alkyl halides is 3. The summed E-state index contributed by atoms with van der Waals surface area (Å²) >= 11 is 0. The highest BCUT2D eigenvalue weighted by atomic mass is 19.4. The van der Waals surface area contributed by atoms with Crippen molar-refractivity contribution in [3.05, 3.63) is 60.2 Å². The lowest BCUT2D eigenvalue weighted by atomic mass is 9.95. The van der Waals surface area contributed by atoms with E-state index in [9.17, 15) is 13.2 Å². The van der Waals surface area contributed by atoms with E-state index in [0.717, 1.165) is 42.9 Å². The van der Waals surface area contributed by atoms with Crippen LogP contribution in [0.1, 0.15) is 24.4 Å². The standard InChI is InChI=1S/C20H23F3N2/c21-20(22,23)10-9-19(25-13-11-24-12-14-25)18-8-4-7-17(15-18)16-5-2-1-3-6-16/h1-8,15,19,24H,9-14H2/t19-/m0/s1. The minimum Gasteiger partial charge on any atom is -0.314 e. The van der Waals surface area contributed by atoms with Gasteiger partial charge in [-0.15, -0.1) is 0 Å². The van der Waals surface area contributed by atoms with E-state index in [2.05, 4.69) is 10.2 Å². The molecule has 0 radical (unpaired) electrons. The van der Waals surface area contributed by atoms with E-state index in [-0.39, 0.29) is 12.5 Å². The number of benzene rings is 2. The summed E-state index contributed by atoms with van der Waals surface area (Å²) in [5.74, 6) is 0. The third-order valence-electron chi connectivity index (χ3n) is 4.67. The highest BCUT2D eigenvalue weighted by molar-refractivity contribution is 5.64. The summed E-state index contributed by atoms with van der Waals surface area (Å²) in [7, 11) is 0. The van der Waals surface area contributed by atoms with Gasteiger partial charge in [-0.05, 0) is 29.2 Å². The normalized spacial score (nSPS) is 17.4. The van der Waals surface area contributed by atoms with E-state index in [4.69, 9.17) is 0 Å². The third-order valence-corrected chi connectivity index (χ3v) is 4.67. The number of halogens is 3. The average Bonchev–Trinajstić information content (AvgIpc) is 2.63. The van der Waals surface area contributed by atoms with Crippen LogP contribution in [-0.4, -0.2) is 37.3 Å². The Kier molecular flexibility index (Phi) is 5.76. The lowest BCUT2D eigenvalue weighted by Gasteiger charge is -2.35. The van der Waals surface area contributed by atoms with Crippen molar-refractivity contribution >= 4 is 0 Å². The van der Waals surface area contributed by atoms with Crippen LogP contribution in [0.5, 0.6) is 0 Å². The number of nitrogens with zero attached hydrogens (tertiary/aromatic N) is 1. The zero-order valence-corrected chi connectivity index (χ0v) is 14.1. The van der Waals surface area contributed by atoms with E-state index in [1.54, 1.807) is 0 Å². The van der Waals surface area contributed by atoms with Gasteiger partial charge in [0, 0.05) is 38.6 Å². The topological polar surface area (TPSA) is 15.3 Å². The summed E-state index contributed by atoms with van der Waals surface area (Å²) in [6.45, 7) is 3.19. The molecule has 3 rings (SSSR count). The SMILES string of the molecule is FC(F)(F)CC[C@@H](c1cccc(-c2ccccc2)c1)N1CCNCC1. The molecule has 1 atom stereocenters. The molecule has 2 nitrogen and oxygen atoms in total. The molecule has 0 saturated carbocycles. The molecule has 0 aliphatic carbocycles. The first-order chi connectivity index (χ1) is 12.0. The predicted octanol–water partition coefficient (Wildman–Crippen LogP) is 4.64. The minimum absolute atomic E-state index is 0.0990. The summed E-state index contributed by atoms with van der Waals surface area (Å²) in [4.78, 5) is 2.17. The summed E-state index contributed by atoms with van der Waals surface area (Å²) in [6, 6.07) is 17.7. The zero-order chi connectivity index (χ0) is 17.7. The van der Waals surface area contributed by atoms with Crippen LogP contribution in [0.4, 0.5) is 13.2 Å². The molecule has 2 aromatic rings. The molecule has 25 heavy (non-hydrogen) atoms. The Morgan fingerprint density at radius 2 is 1.60 bits per heavy atom. The van der Waals surface area contributed by atoms with Crippen LogP contribution in [0.15, 0.2) is 54.6 Å². The fourth-order valence-electron chi connectivity index (χ4n) is 3.41. The van der Waals surface area contributed by atoms with Crippen LogP contribution >= 0.6 is 0 Å². The van der Waals surface area contributed by atoms with Gasteiger partial charge in [-0.1, -0.05) is 48.5 Å². The molecular formula is C20H23F3N2. The van der Waals surface area contributed by atoms with Crippen LogP contribution in [0.2, 0.25) is 0 Å². The molecule has 0 spiro atoms. The first kappa shape index (κ1) is 18.0. The Bertz CT molecular complexity index is 664. The molecule has 1 aliphatic rings. The van der Waals surface area contributed by atoms with Gasteiger partial charge in [0.25, 0.3) is 0 Å². The second kappa shape index (κ2) is 8.02. The zero-order valence-electron chi connectivity index (χ0n) is 14.1. The van der Waals surface area contributed by atoms with Crippen molar-refractivity contribution < 1.29 is 13.2 Å². The lowest BCUT2D eigenvalue weighted by Crippen LogP contribution is -2.45. The molecular weight excluding hydrogens is 325 g/mol. The van der Waals surface area contributed by atoms with E-state index < -0.39 is 12.6 Å². The van der Waals surface area contributed by atoms with Crippen LogP contribution < -0.4 is 5.32 Å². The number of hydrogen-bond donors (Lipinski definition) is 1. The van der Waals surface area contributed by atoms with Gasteiger partial charge >= 0.3 is 6.18 Å². The molecule has 0 aromatic heterocycles. The van der Waals surface area contributed by atoms with E-state index in [0.29, 0.717) is 0 Å². The molecule has 1 heterocycles. The first-order valence-corrected chi connectivity index (χ1v) is 8.70. The molecule has 1 N–H and O–H groups in total. The van der Waals surface area contributed by atoms with Crippen molar-refractivity contribution in [3.63, 3.8) is 0 Å². The fourth-order valence-corrected chi connectivity index (χ4v) is 3.41. The number of piperazine rings is 1. The molecule has 1 fully saturated rings. The summed E-state index contributed by atoms with van der Waals surface area (Å²) in [5.41, 5.74) is 3.09. The van der Waals surface area contributed by atoms with Gasteiger partial charge in [0.2, 0.25) is 0 Å². The highest BCUT2D eigenvalue weighted by Gasteiger charge is 2.31. The Balaban J connectivity index is 1.86. The van der Waals surface area contributed by atoms with Crippen LogP contribution in [0.3, 0.4) is 0 Å². The first-order valence-electron chi connectivity index (χ1n) is 8.70. The second-order valence-electron chi connectivity index (χ2n) is 6.45. The van der Waals surface area contributed by atoms with Crippen LogP contribution in [-0.2, 0) is 0 Å². The lowest BCUT2D eigenvalue weighted by molar-refractivity contribution is -0.138. The van der Waals surface area contributed by atoms with Gasteiger partial charge < -0.3 is 5.32 Å². The van der Waals surface area contributed by atoms with Crippen molar-refractivity contribution in [2.45, 2.75) is 25.1 Å². The molecule has 2 aromatic carbocycles. The highest BCUT2D eigenvalue weighted by Crippen LogP contribution is 2.33. The predicted molar refractivity (Wildman–Crippen MR) is 94.4 cm³/mol. The number of rotatable bonds is 5. The Morgan fingerprint density at radius 1 is 0.920 bits per heavy atom. The van der Waals surface area contributed by atoms with E-state index in [1.165, 1.54) is 0 Å². The van der Waals surface area contributed by atoms with Gasteiger partial charge in [-0.25, -0.2) is 0 Å². The maximum atomic E-state index is 12.8. The number of nitrogens with one attached hydrogen (secondary N) is 1. The van der Waals surface area contributed by atoms with Gasteiger partial charge in [0.15, 0.2) is 0 Å². The van der Waals surface area contributed by atoms with Gasteiger partial charge in [0.05, 0.1) is 0 Å². The quantitative estimate of drug-likeness (QED) is 0.847. The van der Waals surface area contributed by atoms with E-state index in [1.807, 2.05) is 54.6 Å². The largest absolute Gasteiger partial charge is 0.389 e. The smallest absolute Gasteiger partial charge is 0.314 e. The van der Waals surface area contributed by atoms with Crippen molar-refractivity contribution in [1.82, 2.24) is 10.2 Å². The molecule has 1 aliphatic heterocycles. The maximum Gasteiger partial charge on any atom is 0.389 e. The van der Waals surface area contributed by atoms with Gasteiger partial charge in [-0.3, -0.25) is 4.90 Å². The molecule has 0 amide bonds. The van der Waals surface area contributed by atoms with Gasteiger partial charge in [-0.2, -0.15) is 13.2 Å². The van der Waals surface area contributed by atoms with Crippen molar-refractivity contribution in [3.8, 4) is 11.1 Å². The van der Waals surface area contributed by atoms with Crippen molar-refractivity contribution in [2.24, 2.45) is 0 Å². The molecule has 1 saturated heterocycles. The molecule has 134 valence electrons. The van der Waals surface area contributed by atoms with Crippen LogP contribution in [0, 0.1) is 0 Å². The fraction of sp³-hybridized carbons (Fsp3) is 0.400. The summed E-state index contributed by atoms with van der Waals surface area (Å²) in [5, 5.41) is 3.27. The van der Waals surface area contributed by atoms with Crippen LogP contribution in [0.25, 0.3) is 11.1 Å². The van der Waals surface area contributed by atoms with Crippen molar-refractivity contribution in [2.75, 3.05) is 26.2 Å². The second-order valence-corrected chi connectivity index (χ2v) is 6.45. The molecule has 5 heteroatoms. The Hall–Kier alpha value is -1.85. The summed E-state index contributed by atoms with van der Waals surface area (Å²) < 4.78 is 38.4. The third kappa shape index (κ3) is 5.06. The number of hydrogen-bond acceptors (Lipinski definition) is 2. The Labute approximate surface area is 146 Å². The molecule has 0 bridgehead atoms. The minimum atomic E-state index is -4.12. The maximum absolute atomic E-state index is 12.8. The molecule has 0 unspecified atom stereocenters. The average molecular weight is 348 g/mol. The van der Waals surface area contributed by atoms with E-state index >= 15 is 0 Å². The summed E-state index contributed by atoms with van der Waals surface area (Å²) in [6.07, 6.45) is -4.78. The Morgan fingerprint density at radius 3 is 2.28 bits per heavy atom. The van der Waals surface area contributed by atoms with Gasteiger partial charge in [0.1, 0.15) is 0 Å².